The van der Waals surface area contributed by atoms with E-state index in [2.05, 4.69) is 4.18 Å². The molecule has 0 heterocycles. The zero-order valence-corrected chi connectivity index (χ0v) is 8.31. The van der Waals surface area contributed by atoms with Crippen LogP contribution < -0.4 is 29.6 Å². The predicted octanol–water partition coefficient (Wildman–Crippen LogP) is -2.16. The van der Waals surface area contributed by atoms with E-state index < -0.39 is 11.4 Å². The zero-order chi connectivity index (χ0) is 6.41. The molecule has 50 valence electrons. The topological polar surface area (TPSA) is 49.4 Å². The van der Waals surface area contributed by atoms with Gasteiger partial charge in [0.1, 0.15) is 11.4 Å². The van der Waals surface area contributed by atoms with Crippen molar-refractivity contribution < 1.29 is 43.9 Å². The van der Waals surface area contributed by atoms with Crippen LogP contribution in [-0.2, 0) is 15.5 Å². The second-order valence-corrected chi connectivity index (χ2v) is 1.68. The second-order valence-electron chi connectivity index (χ2n) is 1.08. The molecule has 0 fully saturated rings. The Morgan fingerprint density at radius 1 is 1.89 bits per heavy atom. The molecule has 0 radical (unpaired) electrons. The quantitative estimate of drug-likeness (QED) is 0.268. The van der Waals surface area contributed by atoms with Crippen molar-refractivity contribution in [3.05, 3.63) is 12.3 Å². The monoisotopic (exact) mass is 159 g/mol. The molecule has 0 bridgehead atoms. The zero-order valence-electron chi connectivity index (χ0n) is 6.49. The Hall–Kier alpha value is 0.650. The maximum atomic E-state index is 9.60. The van der Waals surface area contributed by atoms with E-state index in [1.807, 2.05) is 6.92 Å². The fourth-order valence-electron chi connectivity index (χ4n) is 0.181. The van der Waals surface area contributed by atoms with Crippen molar-refractivity contribution in [1.82, 2.24) is 0 Å². The molecule has 0 aliphatic carbocycles. The smallest absolute Gasteiger partial charge is 1.00 e. The van der Waals surface area contributed by atoms with Gasteiger partial charge in [-0.25, -0.2) is 4.21 Å². The van der Waals surface area contributed by atoms with Gasteiger partial charge in [0.2, 0.25) is 0 Å². The minimum atomic E-state index is -2.40. The molecule has 0 aliphatic rings. The minimum Gasteiger partial charge on any atom is -1.00 e. The van der Waals surface area contributed by atoms with Gasteiger partial charge < -0.3 is 10.2 Å². The third-order valence-electron chi connectivity index (χ3n) is 0.466. The third kappa shape index (κ3) is 12.0. The van der Waals surface area contributed by atoms with Gasteiger partial charge >= 0.3 is 29.6 Å². The van der Waals surface area contributed by atoms with Gasteiger partial charge in [0.15, 0.2) is 0 Å². The van der Waals surface area contributed by atoms with Crippen molar-refractivity contribution >= 4 is 11.4 Å². The molecular formula is C4H8NaO3S-. The maximum Gasteiger partial charge on any atom is 1.00 e. The summed E-state index contributed by atoms with van der Waals surface area (Å²) in [4.78, 5) is 0. The molecule has 0 aliphatic heterocycles. The van der Waals surface area contributed by atoms with Crippen LogP contribution in [0.4, 0.5) is 0 Å². The number of hydrogen-bond donors (Lipinski definition) is 0. The van der Waals surface area contributed by atoms with Gasteiger partial charge in [-0.15, -0.1) is 0 Å². The van der Waals surface area contributed by atoms with Crippen LogP contribution in [0.5, 0.6) is 0 Å². The van der Waals surface area contributed by atoms with Gasteiger partial charge in [0, 0.05) is 0 Å². The van der Waals surface area contributed by atoms with Crippen LogP contribution in [0.3, 0.4) is 0 Å². The van der Waals surface area contributed by atoms with Crippen molar-refractivity contribution in [3.63, 3.8) is 0 Å². The average Bonchev–Trinajstić information content (AvgIpc) is 1.66. The van der Waals surface area contributed by atoms with E-state index in [0.717, 1.165) is 12.7 Å². The summed E-state index contributed by atoms with van der Waals surface area (Å²) in [7, 11) is 0. The Bertz CT molecular complexity index is 109. The van der Waals surface area contributed by atoms with Crippen LogP contribution in [0.2, 0.25) is 0 Å². The van der Waals surface area contributed by atoms with Crippen molar-refractivity contribution in [3.8, 4) is 0 Å². The molecule has 0 rings (SSSR count). The number of allylic oxidation sites excluding steroid dienone is 1. The van der Waals surface area contributed by atoms with E-state index in [1.54, 1.807) is 6.08 Å². The first kappa shape index (κ1) is 12.3. The third-order valence-corrected chi connectivity index (χ3v) is 0.734. The molecule has 3 nitrogen and oxygen atoms in total. The van der Waals surface area contributed by atoms with E-state index in [-0.39, 0.29) is 31.0 Å². The molecule has 0 aromatic heterocycles. The molecule has 0 saturated heterocycles. The largest absolute Gasteiger partial charge is 1.00 e. The molecule has 0 N–H and O–H groups in total. The molecule has 0 saturated carbocycles. The van der Waals surface area contributed by atoms with Crippen LogP contribution in [0.25, 0.3) is 0 Å². The summed E-state index contributed by atoms with van der Waals surface area (Å²) < 4.78 is 23.2. The van der Waals surface area contributed by atoms with Gasteiger partial charge in [-0.05, 0) is 12.5 Å². The summed E-state index contributed by atoms with van der Waals surface area (Å²) in [5.41, 5.74) is 0. The molecule has 0 amide bonds. The molecule has 1 atom stereocenters. The molecular weight excluding hydrogens is 151 g/mol. The van der Waals surface area contributed by atoms with Gasteiger partial charge in [-0.2, -0.15) is 0 Å². The Labute approximate surface area is 80.7 Å². The van der Waals surface area contributed by atoms with E-state index >= 15 is 0 Å². The van der Waals surface area contributed by atoms with Crippen molar-refractivity contribution in [2.75, 3.05) is 0 Å². The maximum absolute atomic E-state index is 9.60. The Morgan fingerprint density at radius 3 is 2.78 bits per heavy atom. The van der Waals surface area contributed by atoms with Crippen LogP contribution in [0, 0.1) is 0 Å². The van der Waals surface area contributed by atoms with Crippen LogP contribution in [-0.4, -0.2) is 8.76 Å². The number of hydrogen-bond acceptors (Lipinski definition) is 3. The minimum absolute atomic E-state index is 0. The van der Waals surface area contributed by atoms with E-state index in [9.17, 15) is 8.76 Å². The average molecular weight is 159 g/mol. The summed E-state index contributed by atoms with van der Waals surface area (Å²) in [6.45, 7) is 1.88. The van der Waals surface area contributed by atoms with Gasteiger partial charge in [-0.1, -0.05) is 6.92 Å². The first-order chi connectivity index (χ1) is 3.77. The second kappa shape index (κ2) is 8.65. The SMILES string of the molecule is CCC=COS(=O)[O-].[H-].[Na+]. The van der Waals surface area contributed by atoms with Crippen molar-refractivity contribution in [2.24, 2.45) is 0 Å². The Morgan fingerprint density at radius 2 is 2.44 bits per heavy atom. The molecule has 0 aromatic rings. The molecule has 9 heavy (non-hydrogen) atoms. The van der Waals surface area contributed by atoms with Gasteiger partial charge in [-0.3, -0.25) is 0 Å². The Balaban J connectivity index is -0.000000245. The van der Waals surface area contributed by atoms with Gasteiger partial charge in [0.25, 0.3) is 0 Å². The van der Waals surface area contributed by atoms with Crippen molar-refractivity contribution in [2.45, 2.75) is 13.3 Å². The fourth-order valence-corrected chi connectivity index (χ4v) is 0.350. The molecule has 1 unspecified atom stereocenters. The predicted molar refractivity (Wildman–Crippen MR) is 30.5 cm³/mol. The van der Waals surface area contributed by atoms with Crippen LogP contribution in [0.15, 0.2) is 12.3 Å². The first-order valence-corrected chi connectivity index (χ1v) is 3.18. The van der Waals surface area contributed by atoms with Crippen LogP contribution >= 0.6 is 0 Å². The van der Waals surface area contributed by atoms with E-state index in [4.69, 9.17) is 0 Å². The van der Waals surface area contributed by atoms with E-state index in [1.165, 1.54) is 0 Å². The van der Waals surface area contributed by atoms with E-state index in [0.29, 0.717) is 0 Å². The first-order valence-electron chi connectivity index (χ1n) is 2.18. The van der Waals surface area contributed by atoms with Crippen molar-refractivity contribution in [1.29, 1.82) is 0 Å². The summed E-state index contributed by atoms with van der Waals surface area (Å²) >= 11 is -2.40. The number of rotatable bonds is 3. The molecule has 5 heteroatoms. The van der Waals surface area contributed by atoms with Crippen LogP contribution in [0.1, 0.15) is 14.8 Å². The summed E-state index contributed by atoms with van der Waals surface area (Å²) in [5.74, 6) is 0. The Kier molecular flexibility index (Phi) is 11.9. The van der Waals surface area contributed by atoms with Gasteiger partial charge in [0.05, 0.1) is 6.26 Å². The molecule has 0 spiro atoms. The normalized spacial score (nSPS) is 12.7. The molecule has 0 aromatic carbocycles. The summed E-state index contributed by atoms with van der Waals surface area (Å²) in [6, 6.07) is 0. The summed E-state index contributed by atoms with van der Waals surface area (Å²) in [5, 5.41) is 0. The summed E-state index contributed by atoms with van der Waals surface area (Å²) in [6.07, 6.45) is 3.52. The standard InChI is InChI=1S/C4H8O3S.Na.H/c1-2-3-4-7-8(5)6;;/h3-4H,2H2,1H3,(H,5,6);;/q;+1;-1/p-1. The fraction of sp³-hybridized carbons (Fsp3) is 0.500.